The number of alkyl halides is 3. The van der Waals surface area contributed by atoms with Crippen molar-refractivity contribution in [2.24, 2.45) is 0 Å². The van der Waals surface area contributed by atoms with E-state index in [4.69, 9.17) is 4.74 Å². The minimum absolute atomic E-state index is 0.0567. The fourth-order valence-electron chi connectivity index (χ4n) is 3.04. The normalized spacial score (nSPS) is 15.8. The predicted molar refractivity (Wildman–Crippen MR) is 103 cm³/mol. The second-order valence-corrected chi connectivity index (χ2v) is 8.85. The van der Waals surface area contributed by atoms with Gasteiger partial charge in [-0.3, -0.25) is 4.79 Å². The van der Waals surface area contributed by atoms with Gasteiger partial charge in [-0.1, -0.05) is 23.8 Å². The maximum absolute atomic E-state index is 12.7. The molecule has 0 bridgehead atoms. The second kappa shape index (κ2) is 8.65. The first-order valence-corrected chi connectivity index (χ1v) is 10.7. The summed E-state index contributed by atoms with van der Waals surface area (Å²) < 4.78 is 70.2. The van der Waals surface area contributed by atoms with Gasteiger partial charge in [-0.2, -0.15) is 17.5 Å². The largest absolute Gasteiger partial charge is 0.484 e. The molecule has 0 spiro atoms. The van der Waals surface area contributed by atoms with Crippen molar-refractivity contribution in [2.45, 2.75) is 18.0 Å². The van der Waals surface area contributed by atoms with E-state index in [2.05, 4.69) is 0 Å². The fourth-order valence-corrected chi connectivity index (χ4v) is 4.46. The molecule has 0 unspecified atom stereocenters. The van der Waals surface area contributed by atoms with Crippen molar-refractivity contribution in [3.05, 3.63) is 59.7 Å². The van der Waals surface area contributed by atoms with E-state index in [1.807, 2.05) is 6.92 Å². The minimum Gasteiger partial charge on any atom is -0.484 e. The quantitative estimate of drug-likeness (QED) is 0.714. The Labute approximate surface area is 172 Å². The van der Waals surface area contributed by atoms with E-state index in [0.717, 1.165) is 17.7 Å². The van der Waals surface area contributed by atoms with Gasteiger partial charge in [0.1, 0.15) is 5.75 Å². The number of hydrogen-bond donors (Lipinski definition) is 0. The number of carbonyl (C=O) groups is 1. The molecular formula is C20H21F3N2O4S. The molecule has 1 amide bonds. The van der Waals surface area contributed by atoms with Crippen LogP contribution < -0.4 is 4.74 Å². The van der Waals surface area contributed by atoms with Crippen LogP contribution in [0.3, 0.4) is 0 Å². The lowest BCUT2D eigenvalue weighted by molar-refractivity contribution is -0.137. The number of rotatable bonds is 5. The number of sulfonamides is 1. The molecule has 1 heterocycles. The highest BCUT2D eigenvalue weighted by atomic mass is 32.2. The standard InChI is InChI=1S/C20H21F3N2O4S/c1-15-5-7-18(8-6-15)30(27,28)25-11-9-24(10-12-25)19(26)14-29-17-4-2-3-16(13-17)20(21,22)23/h2-8,13H,9-12,14H2,1H3. The van der Waals surface area contributed by atoms with Crippen molar-refractivity contribution in [3.8, 4) is 5.75 Å². The third-order valence-corrected chi connectivity index (χ3v) is 6.69. The van der Waals surface area contributed by atoms with Gasteiger partial charge in [0.2, 0.25) is 10.0 Å². The zero-order valence-electron chi connectivity index (χ0n) is 16.2. The Hall–Kier alpha value is -2.59. The van der Waals surface area contributed by atoms with Gasteiger partial charge in [-0.15, -0.1) is 0 Å². The molecule has 6 nitrogen and oxygen atoms in total. The third kappa shape index (κ3) is 5.11. The summed E-state index contributed by atoms with van der Waals surface area (Å²) in [6, 6.07) is 10.8. The molecule has 3 rings (SSSR count). The van der Waals surface area contributed by atoms with Crippen molar-refractivity contribution < 1.29 is 31.1 Å². The number of halogens is 3. The number of carbonyl (C=O) groups excluding carboxylic acids is 1. The number of benzene rings is 2. The van der Waals surface area contributed by atoms with Crippen molar-refractivity contribution in [2.75, 3.05) is 32.8 Å². The van der Waals surface area contributed by atoms with Gasteiger partial charge in [0.25, 0.3) is 5.91 Å². The van der Waals surface area contributed by atoms with Gasteiger partial charge in [-0.05, 0) is 37.3 Å². The Morgan fingerprint density at radius 1 is 1.03 bits per heavy atom. The van der Waals surface area contributed by atoms with Gasteiger partial charge in [0.05, 0.1) is 10.5 Å². The molecule has 10 heteroatoms. The maximum Gasteiger partial charge on any atom is 0.416 e. The number of nitrogens with zero attached hydrogens (tertiary/aromatic N) is 2. The fraction of sp³-hybridized carbons (Fsp3) is 0.350. The van der Waals surface area contributed by atoms with Crippen molar-refractivity contribution in [1.82, 2.24) is 9.21 Å². The van der Waals surface area contributed by atoms with Crippen LogP contribution in [0.2, 0.25) is 0 Å². The second-order valence-electron chi connectivity index (χ2n) is 6.91. The van der Waals surface area contributed by atoms with E-state index in [-0.39, 0.29) is 36.8 Å². The van der Waals surface area contributed by atoms with Crippen molar-refractivity contribution >= 4 is 15.9 Å². The first-order chi connectivity index (χ1) is 14.1. The molecule has 1 aliphatic rings. The molecule has 1 aliphatic heterocycles. The van der Waals surface area contributed by atoms with Crippen LogP contribution in [-0.4, -0.2) is 56.3 Å². The van der Waals surface area contributed by atoms with Crippen LogP contribution >= 0.6 is 0 Å². The van der Waals surface area contributed by atoms with Gasteiger partial charge in [0, 0.05) is 26.2 Å². The average molecular weight is 442 g/mol. The highest BCUT2D eigenvalue weighted by Gasteiger charge is 2.31. The summed E-state index contributed by atoms with van der Waals surface area (Å²) in [7, 11) is -3.64. The summed E-state index contributed by atoms with van der Waals surface area (Å²) in [6.45, 7) is 2.05. The summed E-state index contributed by atoms with van der Waals surface area (Å²) in [4.78, 5) is 14.0. The molecule has 2 aromatic carbocycles. The zero-order valence-corrected chi connectivity index (χ0v) is 17.0. The third-order valence-electron chi connectivity index (χ3n) is 4.77. The van der Waals surface area contributed by atoms with Crippen LogP contribution in [0.4, 0.5) is 13.2 Å². The van der Waals surface area contributed by atoms with E-state index >= 15 is 0 Å². The molecule has 0 saturated carbocycles. The van der Waals surface area contributed by atoms with Crippen molar-refractivity contribution in [3.63, 3.8) is 0 Å². The number of ether oxygens (including phenoxy) is 1. The van der Waals surface area contributed by atoms with Gasteiger partial charge in [0.15, 0.2) is 6.61 Å². The molecule has 0 radical (unpaired) electrons. The highest BCUT2D eigenvalue weighted by molar-refractivity contribution is 7.89. The number of aryl methyl sites for hydroxylation is 1. The van der Waals surface area contributed by atoms with E-state index in [0.29, 0.717) is 0 Å². The zero-order chi connectivity index (χ0) is 21.9. The Morgan fingerprint density at radius 2 is 1.67 bits per heavy atom. The molecule has 0 N–H and O–H groups in total. The summed E-state index contributed by atoms with van der Waals surface area (Å²) in [5, 5.41) is 0. The molecule has 0 atom stereocenters. The van der Waals surface area contributed by atoms with Crippen LogP contribution in [0.25, 0.3) is 0 Å². The topological polar surface area (TPSA) is 66.9 Å². The molecule has 0 aromatic heterocycles. The molecule has 30 heavy (non-hydrogen) atoms. The lowest BCUT2D eigenvalue weighted by atomic mass is 10.2. The molecule has 162 valence electrons. The van der Waals surface area contributed by atoms with E-state index in [9.17, 15) is 26.4 Å². The lowest BCUT2D eigenvalue weighted by Crippen LogP contribution is -2.51. The molecule has 0 aliphatic carbocycles. The molecular weight excluding hydrogens is 421 g/mol. The number of piperazine rings is 1. The van der Waals surface area contributed by atoms with Gasteiger partial charge >= 0.3 is 6.18 Å². The smallest absolute Gasteiger partial charge is 0.416 e. The average Bonchev–Trinajstić information content (AvgIpc) is 2.72. The van der Waals surface area contributed by atoms with Crippen molar-refractivity contribution in [1.29, 1.82) is 0 Å². The van der Waals surface area contributed by atoms with Gasteiger partial charge < -0.3 is 9.64 Å². The Morgan fingerprint density at radius 3 is 2.27 bits per heavy atom. The van der Waals surface area contributed by atoms with Crippen LogP contribution in [-0.2, 0) is 21.0 Å². The predicted octanol–water partition coefficient (Wildman–Crippen LogP) is 2.93. The van der Waals surface area contributed by atoms with Crippen LogP contribution in [0, 0.1) is 6.92 Å². The van der Waals surface area contributed by atoms with Crippen LogP contribution in [0.5, 0.6) is 5.75 Å². The monoisotopic (exact) mass is 442 g/mol. The Balaban J connectivity index is 1.55. The molecule has 1 saturated heterocycles. The highest BCUT2D eigenvalue weighted by Crippen LogP contribution is 2.31. The van der Waals surface area contributed by atoms with E-state index in [1.54, 1.807) is 24.3 Å². The summed E-state index contributed by atoms with van der Waals surface area (Å²) in [6.07, 6.45) is -4.50. The molecule has 1 fully saturated rings. The lowest BCUT2D eigenvalue weighted by Gasteiger charge is -2.34. The number of hydrogen-bond acceptors (Lipinski definition) is 4. The summed E-state index contributed by atoms with van der Waals surface area (Å²) in [5.41, 5.74) is 0.0903. The Kier molecular flexibility index (Phi) is 6.37. The van der Waals surface area contributed by atoms with E-state index < -0.39 is 34.3 Å². The van der Waals surface area contributed by atoms with Crippen LogP contribution in [0.1, 0.15) is 11.1 Å². The first-order valence-electron chi connectivity index (χ1n) is 9.22. The number of amides is 1. The van der Waals surface area contributed by atoms with E-state index in [1.165, 1.54) is 21.3 Å². The first kappa shape index (κ1) is 22.1. The Bertz CT molecular complexity index is 999. The van der Waals surface area contributed by atoms with Crippen LogP contribution in [0.15, 0.2) is 53.4 Å². The molecule has 2 aromatic rings. The maximum atomic E-state index is 12.7. The summed E-state index contributed by atoms with van der Waals surface area (Å²) >= 11 is 0. The minimum atomic E-state index is -4.50. The van der Waals surface area contributed by atoms with Gasteiger partial charge in [-0.25, -0.2) is 8.42 Å². The summed E-state index contributed by atoms with van der Waals surface area (Å²) in [5.74, 6) is -0.474. The SMILES string of the molecule is Cc1ccc(S(=O)(=O)N2CCN(C(=O)COc3cccc(C(F)(F)F)c3)CC2)cc1.